The van der Waals surface area contributed by atoms with Gasteiger partial charge in [0.05, 0.1) is 5.92 Å². The Morgan fingerprint density at radius 1 is 1.41 bits per heavy atom. The van der Waals surface area contributed by atoms with E-state index in [4.69, 9.17) is 5.73 Å². The lowest BCUT2D eigenvalue weighted by Crippen LogP contribution is -2.43. The van der Waals surface area contributed by atoms with Crippen LogP contribution in [0.2, 0.25) is 0 Å². The molecule has 0 aromatic heterocycles. The van der Waals surface area contributed by atoms with E-state index in [9.17, 15) is 9.59 Å². The van der Waals surface area contributed by atoms with Crippen molar-refractivity contribution in [3.05, 3.63) is 0 Å². The highest BCUT2D eigenvalue weighted by molar-refractivity contribution is 5.89. The molecule has 0 aliphatic carbocycles. The average molecular weight is 239 g/mol. The maximum Gasteiger partial charge on any atom is 0.227 e. The van der Waals surface area contributed by atoms with Crippen molar-refractivity contribution >= 4 is 11.8 Å². The minimum absolute atomic E-state index is 0.0835. The maximum absolute atomic E-state index is 12.2. The first-order valence-corrected chi connectivity index (χ1v) is 6.34. The quantitative estimate of drug-likeness (QED) is 0.717. The average Bonchev–Trinajstić information content (AvgIpc) is 2.69. The Morgan fingerprint density at radius 3 is 2.53 bits per heavy atom. The molecule has 2 fully saturated rings. The number of piperidine rings is 1. The van der Waals surface area contributed by atoms with E-state index in [0.717, 1.165) is 25.9 Å². The number of carbonyl (C=O) groups excluding carboxylic acids is 2. The molecule has 1 atom stereocenters. The normalized spacial score (nSPS) is 26.7. The molecule has 2 saturated heterocycles. The Bertz CT molecular complexity index is 311. The summed E-state index contributed by atoms with van der Waals surface area (Å²) in [7, 11) is 1.76. The summed E-state index contributed by atoms with van der Waals surface area (Å²) < 4.78 is 0. The van der Waals surface area contributed by atoms with E-state index in [1.165, 1.54) is 0 Å². The van der Waals surface area contributed by atoms with Gasteiger partial charge in [-0.3, -0.25) is 9.59 Å². The van der Waals surface area contributed by atoms with Gasteiger partial charge in [-0.1, -0.05) is 0 Å². The second-order valence-corrected chi connectivity index (χ2v) is 5.18. The number of rotatable bonds is 2. The standard InChI is InChI=1S/C12H21N3O2/c1-14-8-10(6-11(14)16)12(17)15-4-2-9(7-13)3-5-15/h9-10H,2-8,13H2,1H3. The second kappa shape index (κ2) is 5.04. The highest BCUT2D eigenvalue weighted by atomic mass is 16.2. The molecule has 2 heterocycles. The van der Waals surface area contributed by atoms with Gasteiger partial charge >= 0.3 is 0 Å². The van der Waals surface area contributed by atoms with Gasteiger partial charge < -0.3 is 15.5 Å². The van der Waals surface area contributed by atoms with Crippen LogP contribution in [0.15, 0.2) is 0 Å². The number of hydrogen-bond acceptors (Lipinski definition) is 3. The zero-order valence-electron chi connectivity index (χ0n) is 10.4. The maximum atomic E-state index is 12.2. The molecule has 2 rings (SSSR count). The van der Waals surface area contributed by atoms with Crippen LogP contribution in [0.4, 0.5) is 0 Å². The lowest BCUT2D eigenvalue weighted by molar-refractivity contribution is -0.137. The van der Waals surface area contributed by atoms with E-state index in [1.54, 1.807) is 11.9 Å². The molecule has 0 radical (unpaired) electrons. The minimum Gasteiger partial charge on any atom is -0.345 e. The SMILES string of the molecule is CN1CC(C(=O)N2CCC(CN)CC2)CC1=O. The number of likely N-dealkylation sites (tertiary alicyclic amines) is 2. The zero-order chi connectivity index (χ0) is 12.4. The van der Waals surface area contributed by atoms with Crippen LogP contribution in [0.1, 0.15) is 19.3 Å². The topological polar surface area (TPSA) is 66.6 Å². The number of amides is 2. The first-order chi connectivity index (χ1) is 8.11. The Balaban J connectivity index is 1.87. The van der Waals surface area contributed by atoms with Crippen molar-refractivity contribution in [2.75, 3.05) is 33.2 Å². The summed E-state index contributed by atoms with van der Waals surface area (Å²) in [5, 5.41) is 0. The summed E-state index contributed by atoms with van der Waals surface area (Å²) in [5.74, 6) is 0.673. The summed E-state index contributed by atoms with van der Waals surface area (Å²) in [6.07, 6.45) is 2.38. The van der Waals surface area contributed by atoms with Gasteiger partial charge in [0.25, 0.3) is 0 Å². The van der Waals surface area contributed by atoms with E-state index in [0.29, 0.717) is 25.4 Å². The third kappa shape index (κ3) is 2.60. The summed E-state index contributed by atoms with van der Waals surface area (Å²) in [6.45, 7) is 2.89. The molecule has 0 aromatic carbocycles. The summed E-state index contributed by atoms with van der Waals surface area (Å²) in [6, 6.07) is 0. The number of hydrogen-bond donors (Lipinski definition) is 1. The van der Waals surface area contributed by atoms with Crippen molar-refractivity contribution in [1.29, 1.82) is 0 Å². The Hall–Kier alpha value is -1.10. The van der Waals surface area contributed by atoms with E-state index in [-0.39, 0.29) is 17.7 Å². The minimum atomic E-state index is -0.123. The highest BCUT2D eigenvalue weighted by Gasteiger charge is 2.35. The molecule has 17 heavy (non-hydrogen) atoms. The van der Waals surface area contributed by atoms with E-state index in [2.05, 4.69) is 0 Å². The van der Waals surface area contributed by atoms with Crippen molar-refractivity contribution in [2.24, 2.45) is 17.6 Å². The number of nitrogens with zero attached hydrogens (tertiary/aromatic N) is 2. The van der Waals surface area contributed by atoms with Gasteiger partial charge in [0.2, 0.25) is 11.8 Å². The number of carbonyl (C=O) groups is 2. The molecule has 0 bridgehead atoms. The molecule has 5 heteroatoms. The van der Waals surface area contributed by atoms with E-state index >= 15 is 0 Å². The molecular formula is C12H21N3O2. The predicted octanol–water partition coefficient (Wildman–Crippen LogP) is -0.338. The molecule has 2 N–H and O–H groups in total. The molecule has 5 nitrogen and oxygen atoms in total. The van der Waals surface area contributed by atoms with Gasteiger partial charge in [0.15, 0.2) is 0 Å². The molecule has 0 spiro atoms. The van der Waals surface area contributed by atoms with Crippen molar-refractivity contribution in [1.82, 2.24) is 9.80 Å². The molecule has 0 saturated carbocycles. The van der Waals surface area contributed by atoms with Crippen LogP contribution in [0.25, 0.3) is 0 Å². The largest absolute Gasteiger partial charge is 0.345 e. The van der Waals surface area contributed by atoms with Crippen LogP contribution >= 0.6 is 0 Å². The van der Waals surface area contributed by atoms with Crippen LogP contribution in [-0.2, 0) is 9.59 Å². The van der Waals surface area contributed by atoms with Crippen LogP contribution in [0.3, 0.4) is 0 Å². The third-order valence-corrected chi connectivity index (χ3v) is 3.95. The van der Waals surface area contributed by atoms with Gasteiger partial charge in [-0.05, 0) is 25.3 Å². The first-order valence-electron chi connectivity index (χ1n) is 6.34. The first kappa shape index (κ1) is 12.4. The van der Waals surface area contributed by atoms with Crippen molar-refractivity contribution in [3.63, 3.8) is 0 Å². The van der Waals surface area contributed by atoms with Crippen LogP contribution in [0.5, 0.6) is 0 Å². The third-order valence-electron chi connectivity index (χ3n) is 3.95. The summed E-state index contributed by atoms with van der Waals surface area (Å²) in [5.41, 5.74) is 5.63. The Labute approximate surface area is 102 Å². The Kier molecular flexibility index (Phi) is 3.66. The van der Waals surface area contributed by atoms with Gasteiger partial charge in [-0.2, -0.15) is 0 Å². The van der Waals surface area contributed by atoms with Gasteiger partial charge in [0.1, 0.15) is 0 Å². The molecule has 2 aliphatic rings. The fraction of sp³-hybridized carbons (Fsp3) is 0.833. The predicted molar refractivity (Wildman–Crippen MR) is 64.1 cm³/mol. The fourth-order valence-electron chi connectivity index (χ4n) is 2.68. The van der Waals surface area contributed by atoms with Gasteiger partial charge in [0, 0.05) is 33.1 Å². The van der Waals surface area contributed by atoms with E-state index < -0.39 is 0 Å². The summed E-state index contributed by atoms with van der Waals surface area (Å²) >= 11 is 0. The second-order valence-electron chi connectivity index (χ2n) is 5.18. The lowest BCUT2D eigenvalue weighted by Gasteiger charge is -2.32. The highest BCUT2D eigenvalue weighted by Crippen LogP contribution is 2.22. The zero-order valence-corrected chi connectivity index (χ0v) is 10.4. The molecule has 96 valence electrons. The monoisotopic (exact) mass is 239 g/mol. The molecule has 0 aromatic rings. The lowest BCUT2D eigenvalue weighted by atomic mass is 9.95. The van der Waals surface area contributed by atoms with Crippen molar-refractivity contribution in [3.8, 4) is 0 Å². The van der Waals surface area contributed by atoms with Crippen LogP contribution < -0.4 is 5.73 Å². The molecule has 2 aliphatic heterocycles. The smallest absolute Gasteiger partial charge is 0.227 e. The van der Waals surface area contributed by atoms with Crippen LogP contribution in [-0.4, -0.2) is 54.8 Å². The van der Waals surface area contributed by atoms with Crippen molar-refractivity contribution < 1.29 is 9.59 Å². The van der Waals surface area contributed by atoms with Gasteiger partial charge in [-0.25, -0.2) is 0 Å². The molecule has 1 unspecified atom stereocenters. The van der Waals surface area contributed by atoms with E-state index in [1.807, 2.05) is 4.90 Å². The fourth-order valence-corrected chi connectivity index (χ4v) is 2.68. The molecular weight excluding hydrogens is 218 g/mol. The molecule has 2 amide bonds. The van der Waals surface area contributed by atoms with Crippen LogP contribution in [0, 0.1) is 11.8 Å². The Morgan fingerprint density at radius 2 is 2.06 bits per heavy atom. The van der Waals surface area contributed by atoms with Crippen molar-refractivity contribution in [2.45, 2.75) is 19.3 Å². The number of nitrogens with two attached hydrogens (primary N) is 1. The summed E-state index contributed by atoms with van der Waals surface area (Å²) in [4.78, 5) is 27.2. The van der Waals surface area contributed by atoms with Gasteiger partial charge in [-0.15, -0.1) is 0 Å².